The van der Waals surface area contributed by atoms with Crippen LogP contribution in [0.3, 0.4) is 0 Å². The zero-order valence-electron chi connectivity index (χ0n) is 23.9. The van der Waals surface area contributed by atoms with Crippen LogP contribution in [0.1, 0.15) is 97.2 Å². The molecule has 1 aromatic carbocycles. The number of fused-ring (bicyclic) bond motifs is 6. The maximum Gasteiger partial charge on any atom is 0.162 e. The molecule has 8 atom stereocenters. The summed E-state index contributed by atoms with van der Waals surface area (Å²) in [7, 11) is 3.35. The first-order valence-corrected chi connectivity index (χ1v) is 15.2. The molecule has 202 valence electrons. The quantitative estimate of drug-likeness (QED) is 0.397. The molecule has 4 aliphatic carbocycles. The van der Waals surface area contributed by atoms with Gasteiger partial charge < -0.3 is 9.47 Å². The van der Waals surface area contributed by atoms with E-state index in [2.05, 4.69) is 20.8 Å². The van der Waals surface area contributed by atoms with E-state index in [-0.39, 0.29) is 0 Å². The number of hydrogen-bond acceptors (Lipinski definition) is 4. The molecular weight excluding hydrogens is 456 g/mol. The molecule has 0 bridgehead atoms. The van der Waals surface area contributed by atoms with Crippen molar-refractivity contribution in [1.82, 2.24) is 9.97 Å². The molecular formula is C33H48N2O2. The van der Waals surface area contributed by atoms with Crippen LogP contribution in [-0.2, 0) is 6.42 Å². The van der Waals surface area contributed by atoms with Crippen molar-refractivity contribution < 1.29 is 9.47 Å². The third kappa shape index (κ3) is 4.16. The second-order valence-electron chi connectivity index (χ2n) is 13.7. The van der Waals surface area contributed by atoms with Gasteiger partial charge in [-0.3, -0.25) is 0 Å². The van der Waals surface area contributed by atoms with Crippen LogP contribution in [0.15, 0.2) is 18.3 Å². The zero-order chi connectivity index (χ0) is 25.8. The Kier molecular flexibility index (Phi) is 6.68. The topological polar surface area (TPSA) is 44.2 Å². The molecule has 0 amide bonds. The summed E-state index contributed by atoms with van der Waals surface area (Å²) in [4.78, 5) is 9.64. The Morgan fingerprint density at radius 1 is 0.892 bits per heavy atom. The zero-order valence-corrected chi connectivity index (χ0v) is 23.9. The van der Waals surface area contributed by atoms with Gasteiger partial charge in [0, 0.05) is 24.1 Å². The minimum atomic E-state index is 0.534. The van der Waals surface area contributed by atoms with Crippen molar-refractivity contribution >= 4 is 10.9 Å². The molecule has 6 rings (SSSR count). The molecule has 0 N–H and O–H groups in total. The van der Waals surface area contributed by atoms with Gasteiger partial charge in [-0.1, -0.05) is 33.6 Å². The summed E-state index contributed by atoms with van der Waals surface area (Å²) < 4.78 is 10.9. The first kappa shape index (κ1) is 25.4. The summed E-state index contributed by atoms with van der Waals surface area (Å²) in [5, 5.41) is 0.999. The van der Waals surface area contributed by atoms with Gasteiger partial charge in [-0.15, -0.1) is 0 Å². The average Bonchev–Trinajstić information content (AvgIpc) is 3.27. The van der Waals surface area contributed by atoms with Crippen LogP contribution in [0.4, 0.5) is 0 Å². The van der Waals surface area contributed by atoms with Gasteiger partial charge in [-0.2, -0.15) is 0 Å². The lowest BCUT2D eigenvalue weighted by Gasteiger charge is -2.61. The summed E-state index contributed by atoms with van der Waals surface area (Å²) in [5.74, 6) is 7.95. The van der Waals surface area contributed by atoms with Crippen molar-refractivity contribution in [3.63, 3.8) is 0 Å². The van der Waals surface area contributed by atoms with Crippen LogP contribution in [0.2, 0.25) is 0 Å². The van der Waals surface area contributed by atoms with Gasteiger partial charge in [-0.05, 0) is 110 Å². The van der Waals surface area contributed by atoms with E-state index >= 15 is 0 Å². The fourth-order valence-corrected chi connectivity index (χ4v) is 10.3. The standard InChI is InChI=1S/C33H48N2O2/c1-21(9-14-31-34-20-22-18-29(36-4)30(37-5)19-28(22)35-31)25-12-13-26-24-11-10-23-8-6-7-16-32(23,2)27(24)15-17-33(25,26)3/h18-21,23-27H,6-17H2,1-5H3/t21-,23?,24?,25?,26?,27?,32?,33?/m1/s1. The first-order chi connectivity index (χ1) is 17.9. The summed E-state index contributed by atoms with van der Waals surface area (Å²) in [6.07, 6.45) is 19.0. The second-order valence-corrected chi connectivity index (χ2v) is 13.7. The summed E-state index contributed by atoms with van der Waals surface area (Å²) >= 11 is 0. The van der Waals surface area contributed by atoms with Crippen molar-refractivity contribution in [2.45, 2.75) is 97.8 Å². The number of aryl methyl sites for hydroxylation is 1. The van der Waals surface area contributed by atoms with Crippen LogP contribution in [0.25, 0.3) is 10.9 Å². The second kappa shape index (κ2) is 9.72. The maximum atomic E-state index is 5.50. The largest absolute Gasteiger partial charge is 0.493 e. The number of rotatable bonds is 6. The number of aromatic nitrogens is 2. The summed E-state index contributed by atoms with van der Waals surface area (Å²) in [5.41, 5.74) is 2.12. The first-order valence-electron chi connectivity index (χ1n) is 15.2. The smallest absolute Gasteiger partial charge is 0.162 e. The van der Waals surface area contributed by atoms with E-state index in [0.717, 1.165) is 70.2 Å². The summed E-state index contributed by atoms with van der Waals surface area (Å²) in [6.45, 7) is 7.93. The molecule has 4 aliphatic rings. The highest BCUT2D eigenvalue weighted by Gasteiger charge is 2.60. The Bertz CT molecular complexity index is 1130. The Hall–Kier alpha value is -1.84. The molecule has 4 saturated carbocycles. The van der Waals surface area contributed by atoms with Crippen LogP contribution in [0, 0.1) is 46.3 Å². The lowest BCUT2D eigenvalue weighted by Crippen LogP contribution is -2.53. The highest BCUT2D eigenvalue weighted by Crippen LogP contribution is 2.68. The average molecular weight is 505 g/mol. The fraction of sp³-hybridized carbons (Fsp3) is 0.758. The van der Waals surface area contributed by atoms with Crippen LogP contribution < -0.4 is 9.47 Å². The van der Waals surface area contributed by atoms with E-state index < -0.39 is 0 Å². The number of methoxy groups -OCH3 is 2. The predicted molar refractivity (Wildman–Crippen MR) is 150 cm³/mol. The minimum Gasteiger partial charge on any atom is -0.493 e. The van der Waals surface area contributed by atoms with Crippen LogP contribution in [0.5, 0.6) is 11.5 Å². The highest BCUT2D eigenvalue weighted by molar-refractivity contribution is 5.81. The van der Waals surface area contributed by atoms with Crippen molar-refractivity contribution in [3.05, 3.63) is 24.2 Å². The predicted octanol–water partition coefficient (Wildman–Crippen LogP) is 8.26. The van der Waals surface area contributed by atoms with E-state index in [1.165, 1.54) is 70.6 Å². The third-order valence-electron chi connectivity index (χ3n) is 12.3. The Balaban J connectivity index is 1.14. The van der Waals surface area contributed by atoms with E-state index in [0.29, 0.717) is 10.8 Å². The molecule has 4 fully saturated rings. The monoisotopic (exact) mass is 504 g/mol. The third-order valence-corrected chi connectivity index (χ3v) is 12.3. The minimum absolute atomic E-state index is 0.534. The van der Waals surface area contributed by atoms with Crippen molar-refractivity contribution in [3.8, 4) is 11.5 Å². The van der Waals surface area contributed by atoms with E-state index in [1.807, 2.05) is 18.3 Å². The molecule has 7 unspecified atom stereocenters. The highest BCUT2D eigenvalue weighted by atomic mass is 16.5. The SMILES string of the molecule is COc1cc2cnc(CC[C@@H](C)C3CCC4C5CCC6CCCCC6(C)C5CCC43C)nc2cc1OC. The molecule has 4 heteroatoms. The Labute approximate surface area is 224 Å². The molecule has 37 heavy (non-hydrogen) atoms. The molecule has 2 aromatic rings. The van der Waals surface area contributed by atoms with Gasteiger partial charge in [0.15, 0.2) is 11.5 Å². The van der Waals surface area contributed by atoms with Gasteiger partial charge in [0.2, 0.25) is 0 Å². The van der Waals surface area contributed by atoms with Crippen molar-refractivity contribution in [1.29, 1.82) is 0 Å². The van der Waals surface area contributed by atoms with Gasteiger partial charge in [0.25, 0.3) is 0 Å². The van der Waals surface area contributed by atoms with E-state index in [9.17, 15) is 0 Å². The Morgan fingerprint density at radius 2 is 1.68 bits per heavy atom. The maximum absolute atomic E-state index is 5.50. The molecule has 4 nitrogen and oxygen atoms in total. The fourth-order valence-electron chi connectivity index (χ4n) is 10.3. The molecule has 0 aliphatic heterocycles. The molecule has 1 heterocycles. The number of benzene rings is 1. The lowest BCUT2D eigenvalue weighted by atomic mass is 9.44. The lowest BCUT2D eigenvalue weighted by molar-refractivity contribution is -0.114. The molecule has 0 radical (unpaired) electrons. The van der Waals surface area contributed by atoms with E-state index in [4.69, 9.17) is 19.4 Å². The Morgan fingerprint density at radius 3 is 2.49 bits per heavy atom. The van der Waals surface area contributed by atoms with Gasteiger partial charge in [-0.25, -0.2) is 9.97 Å². The summed E-state index contributed by atoms with van der Waals surface area (Å²) in [6, 6.07) is 3.95. The van der Waals surface area contributed by atoms with Gasteiger partial charge in [0.1, 0.15) is 5.82 Å². The molecule has 1 aromatic heterocycles. The van der Waals surface area contributed by atoms with Crippen molar-refractivity contribution in [2.24, 2.45) is 46.3 Å². The van der Waals surface area contributed by atoms with Crippen molar-refractivity contribution in [2.75, 3.05) is 14.2 Å². The van der Waals surface area contributed by atoms with Crippen LogP contribution in [-0.4, -0.2) is 24.2 Å². The number of hydrogen-bond donors (Lipinski definition) is 0. The van der Waals surface area contributed by atoms with E-state index in [1.54, 1.807) is 14.2 Å². The number of ether oxygens (including phenoxy) is 2. The molecule has 0 saturated heterocycles. The van der Waals surface area contributed by atoms with Gasteiger partial charge >= 0.3 is 0 Å². The van der Waals surface area contributed by atoms with Crippen LogP contribution >= 0.6 is 0 Å². The van der Waals surface area contributed by atoms with Gasteiger partial charge in [0.05, 0.1) is 19.7 Å². The number of nitrogens with zero attached hydrogens (tertiary/aromatic N) is 2. The molecule has 0 spiro atoms. The normalized spacial score (nSPS) is 37.9.